The van der Waals surface area contributed by atoms with Crippen molar-refractivity contribution in [3.8, 4) is 0 Å². The number of hydrogen-bond donors (Lipinski definition) is 0. The number of anilines is 1. The monoisotopic (exact) mass is 430 g/mol. The van der Waals surface area contributed by atoms with Gasteiger partial charge >= 0.3 is 0 Å². The summed E-state index contributed by atoms with van der Waals surface area (Å²) in [4.78, 5) is 24.9. The Morgan fingerprint density at radius 1 is 1.03 bits per heavy atom. The molecule has 1 aromatic heterocycles. The number of carbonyl (C=O) groups excluding carboxylic acids is 1. The molecule has 0 unspecified atom stereocenters. The fourth-order valence-corrected chi connectivity index (χ4v) is 4.85. The molecule has 0 aliphatic carbocycles. The van der Waals surface area contributed by atoms with Gasteiger partial charge in [0.05, 0.1) is 5.52 Å². The Balaban J connectivity index is 0.00000256. The van der Waals surface area contributed by atoms with E-state index in [4.69, 9.17) is 0 Å². The van der Waals surface area contributed by atoms with E-state index in [9.17, 15) is 4.79 Å². The molecule has 2 aliphatic heterocycles. The molecule has 2 aliphatic rings. The van der Waals surface area contributed by atoms with Gasteiger partial charge in [0.15, 0.2) is 0 Å². The third-order valence-electron chi connectivity index (χ3n) is 6.58. The summed E-state index contributed by atoms with van der Waals surface area (Å²) in [7, 11) is 0. The SMILES string of the molecule is Cc1cc(N2CCC(C(=O)N3CCCN(C(C)C)CC3)CC2)c2ccccc2n1.Cl. The van der Waals surface area contributed by atoms with Gasteiger partial charge in [0.1, 0.15) is 0 Å². The smallest absolute Gasteiger partial charge is 0.225 e. The van der Waals surface area contributed by atoms with Crippen molar-refractivity contribution in [3.05, 3.63) is 36.0 Å². The third-order valence-corrected chi connectivity index (χ3v) is 6.58. The molecule has 164 valence electrons. The first-order chi connectivity index (χ1) is 14.0. The number of amides is 1. The summed E-state index contributed by atoms with van der Waals surface area (Å²) in [5, 5.41) is 1.21. The average Bonchev–Trinajstić information content (AvgIpc) is 2.99. The summed E-state index contributed by atoms with van der Waals surface area (Å²) in [5.41, 5.74) is 3.37. The number of benzene rings is 1. The molecule has 1 aromatic carbocycles. The molecule has 3 heterocycles. The van der Waals surface area contributed by atoms with Crippen LogP contribution in [0.1, 0.15) is 38.8 Å². The van der Waals surface area contributed by atoms with Crippen LogP contribution in [0.4, 0.5) is 5.69 Å². The van der Waals surface area contributed by atoms with Gasteiger partial charge in [0.2, 0.25) is 5.91 Å². The second-order valence-electron chi connectivity index (χ2n) is 8.87. The van der Waals surface area contributed by atoms with Crippen LogP contribution in [0.3, 0.4) is 0 Å². The van der Waals surface area contributed by atoms with Crippen molar-refractivity contribution in [3.63, 3.8) is 0 Å². The van der Waals surface area contributed by atoms with Crippen molar-refractivity contribution in [2.45, 2.75) is 46.1 Å². The average molecular weight is 431 g/mol. The fourth-order valence-electron chi connectivity index (χ4n) is 4.85. The second kappa shape index (κ2) is 9.97. The zero-order chi connectivity index (χ0) is 20.4. The lowest BCUT2D eigenvalue weighted by Crippen LogP contribution is -2.44. The maximum Gasteiger partial charge on any atom is 0.225 e. The number of rotatable bonds is 3. The molecule has 30 heavy (non-hydrogen) atoms. The minimum atomic E-state index is 0. The highest BCUT2D eigenvalue weighted by Crippen LogP contribution is 2.31. The number of fused-ring (bicyclic) bond motifs is 1. The lowest BCUT2D eigenvalue weighted by molar-refractivity contribution is -0.136. The van der Waals surface area contributed by atoms with Crippen LogP contribution in [0, 0.1) is 12.8 Å². The number of carbonyl (C=O) groups is 1. The lowest BCUT2D eigenvalue weighted by atomic mass is 9.94. The Morgan fingerprint density at radius 2 is 1.77 bits per heavy atom. The van der Waals surface area contributed by atoms with Crippen LogP contribution in [0.5, 0.6) is 0 Å². The molecular weight excluding hydrogens is 396 g/mol. The zero-order valence-electron chi connectivity index (χ0n) is 18.5. The van der Waals surface area contributed by atoms with Crippen molar-refractivity contribution < 1.29 is 4.79 Å². The standard InChI is InChI=1S/C24H34N4O.ClH/c1-18(2)26-11-6-12-28(16-15-26)24(29)20-9-13-27(14-10-20)23-17-19(3)25-22-8-5-4-7-21(22)23;/h4-5,7-8,17-18,20H,6,9-16H2,1-3H3;1H. The van der Waals surface area contributed by atoms with E-state index < -0.39 is 0 Å². The molecule has 2 fully saturated rings. The van der Waals surface area contributed by atoms with Crippen LogP contribution in [-0.2, 0) is 4.79 Å². The fraction of sp³-hybridized carbons (Fsp3) is 0.583. The van der Waals surface area contributed by atoms with Crippen LogP contribution in [0.25, 0.3) is 10.9 Å². The van der Waals surface area contributed by atoms with Crippen molar-refractivity contribution >= 4 is 34.9 Å². The molecule has 4 rings (SSSR count). The molecule has 0 bridgehead atoms. The van der Waals surface area contributed by atoms with Crippen LogP contribution in [-0.4, -0.2) is 66.0 Å². The van der Waals surface area contributed by atoms with E-state index in [1.54, 1.807) is 0 Å². The summed E-state index contributed by atoms with van der Waals surface area (Å²) >= 11 is 0. The van der Waals surface area contributed by atoms with Gasteiger partial charge in [-0.05, 0) is 52.2 Å². The number of hydrogen-bond acceptors (Lipinski definition) is 4. The maximum atomic E-state index is 13.2. The molecule has 1 amide bonds. The highest BCUT2D eigenvalue weighted by Gasteiger charge is 2.30. The third kappa shape index (κ3) is 4.89. The zero-order valence-corrected chi connectivity index (χ0v) is 19.3. The van der Waals surface area contributed by atoms with Gasteiger partial charge in [-0.1, -0.05) is 18.2 Å². The number of halogens is 1. The van der Waals surface area contributed by atoms with Crippen LogP contribution in [0.15, 0.2) is 30.3 Å². The minimum absolute atomic E-state index is 0. The summed E-state index contributed by atoms with van der Waals surface area (Å²) in [6.07, 6.45) is 2.98. The molecule has 5 nitrogen and oxygen atoms in total. The number of para-hydroxylation sites is 1. The molecule has 2 saturated heterocycles. The summed E-state index contributed by atoms with van der Waals surface area (Å²) < 4.78 is 0. The first-order valence-corrected chi connectivity index (χ1v) is 11.2. The molecule has 0 N–H and O–H groups in total. The summed E-state index contributed by atoms with van der Waals surface area (Å²) in [5.74, 6) is 0.553. The largest absolute Gasteiger partial charge is 0.371 e. The molecule has 6 heteroatoms. The first-order valence-electron chi connectivity index (χ1n) is 11.2. The van der Waals surface area contributed by atoms with E-state index in [0.29, 0.717) is 11.9 Å². The van der Waals surface area contributed by atoms with Crippen LogP contribution in [0.2, 0.25) is 0 Å². The Labute approximate surface area is 186 Å². The molecule has 0 radical (unpaired) electrons. The Bertz CT molecular complexity index is 863. The van der Waals surface area contributed by atoms with E-state index >= 15 is 0 Å². The Morgan fingerprint density at radius 3 is 2.50 bits per heavy atom. The van der Waals surface area contributed by atoms with Gasteiger partial charge in [-0.3, -0.25) is 14.7 Å². The van der Waals surface area contributed by atoms with Crippen molar-refractivity contribution in [1.82, 2.24) is 14.8 Å². The molecular formula is C24H35ClN4O. The number of nitrogens with zero attached hydrogens (tertiary/aromatic N) is 4. The second-order valence-corrected chi connectivity index (χ2v) is 8.87. The predicted molar refractivity (Wildman–Crippen MR) is 127 cm³/mol. The number of aryl methyl sites for hydroxylation is 1. The van der Waals surface area contributed by atoms with Gasteiger partial charge in [-0.2, -0.15) is 0 Å². The van der Waals surface area contributed by atoms with E-state index in [1.807, 2.05) is 6.07 Å². The maximum absolute atomic E-state index is 13.2. The molecule has 2 aromatic rings. The van der Waals surface area contributed by atoms with E-state index in [1.165, 1.54) is 11.1 Å². The number of piperidine rings is 1. The van der Waals surface area contributed by atoms with Crippen molar-refractivity contribution in [1.29, 1.82) is 0 Å². The van der Waals surface area contributed by atoms with Crippen LogP contribution < -0.4 is 4.90 Å². The molecule has 0 spiro atoms. The number of pyridine rings is 1. The normalized spacial score (nSPS) is 19.1. The molecule has 0 saturated carbocycles. The topological polar surface area (TPSA) is 39.7 Å². The van der Waals surface area contributed by atoms with E-state index in [-0.39, 0.29) is 18.3 Å². The quantitative estimate of drug-likeness (QED) is 0.734. The summed E-state index contributed by atoms with van der Waals surface area (Å²) in [6, 6.07) is 11.1. The molecule has 0 atom stereocenters. The van der Waals surface area contributed by atoms with E-state index in [0.717, 1.165) is 69.7 Å². The van der Waals surface area contributed by atoms with Gasteiger partial charge in [0.25, 0.3) is 0 Å². The van der Waals surface area contributed by atoms with Gasteiger partial charge in [0, 0.05) is 68.0 Å². The highest BCUT2D eigenvalue weighted by atomic mass is 35.5. The van der Waals surface area contributed by atoms with Gasteiger partial charge in [-0.15, -0.1) is 12.4 Å². The van der Waals surface area contributed by atoms with Gasteiger partial charge < -0.3 is 9.80 Å². The van der Waals surface area contributed by atoms with E-state index in [2.05, 4.69) is 64.7 Å². The van der Waals surface area contributed by atoms with Crippen molar-refractivity contribution in [2.75, 3.05) is 44.2 Å². The first kappa shape index (κ1) is 22.8. The minimum Gasteiger partial charge on any atom is -0.371 e. The highest BCUT2D eigenvalue weighted by molar-refractivity contribution is 5.92. The van der Waals surface area contributed by atoms with Crippen molar-refractivity contribution in [2.24, 2.45) is 5.92 Å². The summed E-state index contributed by atoms with van der Waals surface area (Å²) in [6.45, 7) is 12.3. The number of aromatic nitrogens is 1. The van der Waals surface area contributed by atoms with Gasteiger partial charge in [-0.25, -0.2) is 0 Å². The van der Waals surface area contributed by atoms with Crippen LogP contribution >= 0.6 is 12.4 Å². The Kier molecular flexibility index (Phi) is 7.59. The Hall–Kier alpha value is -1.85. The lowest BCUT2D eigenvalue weighted by Gasteiger charge is -2.36. The predicted octanol–water partition coefficient (Wildman–Crippen LogP) is 4.12.